The van der Waals surface area contributed by atoms with Crippen molar-refractivity contribution in [2.45, 2.75) is 13.1 Å². The monoisotopic (exact) mass is 419 g/mol. The highest BCUT2D eigenvalue weighted by molar-refractivity contribution is 5.78. The first kappa shape index (κ1) is 19.1. The van der Waals surface area contributed by atoms with Crippen LogP contribution in [0, 0.1) is 0 Å². The molecule has 0 radical (unpaired) electrons. The van der Waals surface area contributed by atoms with E-state index in [2.05, 4.69) is 0 Å². The summed E-state index contributed by atoms with van der Waals surface area (Å²) in [7, 11) is 0. The molecule has 2 aliphatic rings. The van der Waals surface area contributed by atoms with E-state index in [4.69, 9.17) is 23.7 Å². The predicted molar refractivity (Wildman–Crippen MR) is 111 cm³/mol. The highest BCUT2D eigenvalue weighted by Crippen LogP contribution is 2.34. The number of amides is 1. The Balaban J connectivity index is 1.34. The zero-order valence-electron chi connectivity index (χ0n) is 16.8. The average molecular weight is 419 g/mol. The molecule has 5 rings (SSSR count). The van der Waals surface area contributed by atoms with Gasteiger partial charge in [-0.3, -0.25) is 4.79 Å². The van der Waals surface area contributed by atoms with E-state index in [9.17, 15) is 4.79 Å². The molecule has 0 saturated carbocycles. The van der Waals surface area contributed by atoms with Gasteiger partial charge in [-0.2, -0.15) is 0 Å². The van der Waals surface area contributed by atoms with E-state index in [1.54, 1.807) is 4.90 Å². The van der Waals surface area contributed by atoms with Crippen molar-refractivity contribution in [3.05, 3.63) is 77.9 Å². The number of hydrogen-bond donors (Lipinski definition) is 0. The molecule has 0 fully saturated rings. The molecule has 0 unspecified atom stereocenters. The van der Waals surface area contributed by atoms with Gasteiger partial charge in [-0.25, -0.2) is 0 Å². The molecule has 3 aromatic carbocycles. The lowest BCUT2D eigenvalue weighted by Gasteiger charge is -2.23. The lowest BCUT2D eigenvalue weighted by Crippen LogP contribution is -2.34. The zero-order valence-corrected chi connectivity index (χ0v) is 16.8. The molecule has 0 aromatic heterocycles. The fourth-order valence-electron chi connectivity index (χ4n) is 3.50. The molecule has 0 N–H and O–H groups in total. The molecule has 7 heteroatoms. The number of para-hydroxylation sites is 1. The fraction of sp³-hybridized carbons (Fsp3) is 0.208. The van der Waals surface area contributed by atoms with Gasteiger partial charge in [-0.1, -0.05) is 30.3 Å². The Bertz CT molecular complexity index is 1030. The normalized spacial score (nSPS) is 13.2. The number of hydrogen-bond acceptors (Lipinski definition) is 6. The summed E-state index contributed by atoms with van der Waals surface area (Å²) in [6.45, 7) is 1.18. The summed E-state index contributed by atoms with van der Waals surface area (Å²) in [5, 5.41) is 0. The standard InChI is InChI=1S/C24H21NO6/c26-24(14-27-19-4-2-1-3-5-19)25(12-17-6-8-20-22(10-17)30-15-28-20)13-18-7-9-21-23(11-18)31-16-29-21/h1-11H,12-16H2. The van der Waals surface area contributed by atoms with Crippen LogP contribution in [0.2, 0.25) is 0 Å². The van der Waals surface area contributed by atoms with E-state index in [1.165, 1.54) is 0 Å². The van der Waals surface area contributed by atoms with Gasteiger partial charge in [0.05, 0.1) is 0 Å². The number of rotatable bonds is 7. The van der Waals surface area contributed by atoms with Crippen LogP contribution in [0.3, 0.4) is 0 Å². The Morgan fingerprint density at radius 2 is 1.29 bits per heavy atom. The number of ether oxygens (including phenoxy) is 5. The molecule has 2 aliphatic heterocycles. The van der Waals surface area contributed by atoms with Gasteiger partial charge in [0.1, 0.15) is 5.75 Å². The summed E-state index contributed by atoms with van der Waals surface area (Å²) in [6, 6.07) is 20.7. The van der Waals surface area contributed by atoms with Crippen LogP contribution >= 0.6 is 0 Å². The van der Waals surface area contributed by atoms with Crippen molar-refractivity contribution in [1.82, 2.24) is 4.90 Å². The quantitative estimate of drug-likeness (QED) is 0.581. The van der Waals surface area contributed by atoms with Crippen LogP contribution < -0.4 is 23.7 Å². The Morgan fingerprint density at radius 3 is 1.87 bits per heavy atom. The van der Waals surface area contributed by atoms with Crippen molar-refractivity contribution in [2.75, 3.05) is 20.2 Å². The summed E-state index contributed by atoms with van der Waals surface area (Å²) in [5.74, 6) is 3.33. The van der Waals surface area contributed by atoms with Gasteiger partial charge in [-0.05, 0) is 47.5 Å². The van der Waals surface area contributed by atoms with E-state index < -0.39 is 0 Å². The number of benzene rings is 3. The highest BCUT2D eigenvalue weighted by atomic mass is 16.7. The molecule has 0 saturated heterocycles. The zero-order chi connectivity index (χ0) is 21.0. The maximum absolute atomic E-state index is 13.1. The fourth-order valence-corrected chi connectivity index (χ4v) is 3.50. The van der Waals surface area contributed by atoms with Crippen molar-refractivity contribution in [1.29, 1.82) is 0 Å². The topological polar surface area (TPSA) is 66.5 Å². The second-order valence-corrected chi connectivity index (χ2v) is 7.23. The third-order valence-corrected chi connectivity index (χ3v) is 5.08. The van der Waals surface area contributed by atoms with Gasteiger partial charge >= 0.3 is 0 Å². The van der Waals surface area contributed by atoms with Gasteiger partial charge in [0, 0.05) is 13.1 Å². The van der Waals surface area contributed by atoms with Crippen molar-refractivity contribution in [2.24, 2.45) is 0 Å². The molecule has 0 bridgehead atoms. The van der Waals surface area contributed by atoms with Crippen LogP contribution in [-0.2, 0) is 17.9 Å². The first-order chi connectivity index (χ1) is 15.2. The average Bonchev–Trinajstić information content (AvgIpc) is 3.46. The van der Waals surface area contributed by atoms with Gasteiger partial charge in [-0.15, -0.1) is 0 Å². The molecule has 158 valence electrons. The lowest BCUT2D eigenvalue weighted by atomic mass is 10.1. The summed E-state index contributed by atoms with van der Waals surface area (Å²) < 4.78 is 27.4. The van der Waals surface area contributed by atoms with Gasteiger partial charge in [0.15, 0.2) is 29.6 Å². The Labute approximate surface area is 179 Å². The van der Waals surface area contributed by atoms with E-state index in [0.29, 0.717) is 41.8 Å². The summed E-state index contributed by atoms with van der Waals surface area (Å²) in [5.41, 5.74) is 1.89. The molecule has 0 aliphatic carbocycles. The maximum atomic E-state index is 13.1. The van der Waals surface area contributed by atoms with Gasteiger partial charge in [0.25, 0.3) is 5.91 Å². The molecular formula is C24H21NO6. The first-order valence-corrected chi connectivity index (χ1v) is 9.97. The number of nitrogens with zero attached hydrogens (tertiary/aromatic N) is 1. The smallest absolute Gasteiger partial charge is 0.261 e. The van der Waals surface area contributed by atoms with Crippen LogP contribution in [0.15, 0.2) is 66.7 Å². The molecule has 0 atom stereocenters. The molecule has 0 spiro atoms. The second kappa shape index (κ2) is 8.47. The number of fused-ring (bicyclic) bond motifs is 2. The Hall–Kier alpha value is -3.87. The molecular weight excluding hydrogens is 398 g/mol. The minimum Gasteiger partial charge on any atom is -0.484 e. The Kier molecular flexibility index (Phi) is 5.22. The second-order valence-electron chi connectivity index (χ2n) is 7.23. The molecule has 2 heterocycles. The van der Waals surface area contributed by atoms with E-state index in [1.807, 2.05) is 66.7 Å². The maximum Gasteiger partial charge on any atom is 0.261 e. The lowest BCUT2D eigenvalue weighted by molar-refractivity contribution is -0.134. The van der Waals surface area contributed by atoms with Crippen LogP contribution in [0.5, 0.6) is 28.7 Å². The number of carbonyl (C=O) groups excluding carboxylic acids is 1. The summed E-state index contributed by atoms with van der Waals surface area (Å²) >= 11 is 0. The van der Waals surface area contributed by atoms with Gasteiger partial charge in [0.2, 0.25) is 13.6 Å². The minimum absolute atomic E-state index is 0.0564. The molecule has 1 amide bonds. The van der Waals surface area contributed by atoms with Crippen LogP contribution in [-0.4, -0.2) is 31.0 Å². The van der Waals surface area contributed by atoms with E-state index in [0.717, 1.165) is 11.1 Å². The summed E-state index contributed by atoms with van der Waals surface area (Å²) in [6.07, 6.45) is 0. The van der Waals surface area contributed by atoms with Crippen molar-refractivity contribution >= 4 is 5.91 Å². The van der Waals surface area contributed by atoms with Crippen molar-refractivity contribution < 1.29 is 28.5 Å². The molecule has 7 nitrogen and oxygen atoms in total. The van der Waals surface area contributed by atoms with Crippen molar-refractivity contribution in [3.8, 4) is 28.7 Å². The summed E-state index contributed by atoms with van der Waals surface area (Å²) in [4.78, 5) is 14.8. The van der Waals surface area contributed by atoms with Crippen LogP contribution in [0.1, 0.15) is 11.1 Å². The minimum atomic E-state index is -0.126. The van der Waals surface area contributed by atoms with Crippen LogP contribution in [0.4, 0.5) is 0 Å². The number of carbonyl (C=O) groups is 1. The molecule has 3 aromatic rings. The largest absolute Gasteiger partial charge is 0.484 e. The third-order valence-electron chi connectivity index (χ3n) is 5.08. The van der Waals surface area contributed by atoms with Crippen molar-refractivity contribution in [3.63, 3.8) is 0 Å². The van der Waals surface area contributed by atoms with E-state index in [-0.39, 0.29) is 26.1 Å². The van der Waals surface area contributed by atoms with Crippen LogP contribution in [0.25, 0.3) is 0 Å². The van der Waals surface area contributed by atoms with E-state index >= 15 is 0 Å². The predicted octanol–water partition coefficient (Wildman–Crippen LogP) is 3.75. The van der Waals surface area contributed by atoms with Gasteiger partial charge < -0.3 is 28.6 Å². The molecule has 31 heavy (non-hydrogen) atoms. The highest BCUT2D eigenvalue weighted by Gasteiger charge is 2.20. The Morgan fingerprint density at radius 1 is 0.742 bits per heavy atom. The third kappa shape index (κ3) is 4.35. The SMILES string of the molecule is O=C(COc1ccccc1)N(Cc1ccc2c(c1)OCO2)Cc1ccc2c(c1)OCO2. The first-order valence-electron chi connectivity index (χ1n) is 9.97.